The van der Waals surface area contributed by atoms with Gasteiger partial charge < -0.3 is 14.8 Å². The highest BCUT2D eigenvalue weighted by molar-refractivity contribution is 9.10. The summed E-state index contributed by atoms with van der Waals surface area (Å²) in [6.45, 7) is 0.715. The molecule has 0 aliphatic carbocycles. The minimum atomic E-state index is -0.263. The second-order valence-corrected chi connectivity index (χ2v) is 7.44. The summed E-state index contributed by atoms with van der Waals surface area (Å²) in [5.41, 5.74) is 0.848. The number of nitrogens with zero attached hydrogens (tertiary/aromatic N) is 2. The number of carbonyl (C=O) groups is 1. The van der Waals surface area contributed by atoms with E-state index < -0.39 is 0 Å². The van der Waals surface area contributed by atoms with Crippen LogP contribution in [0.3, 0.4) is 0 Å². The highest BCUT2D eigenvalue weighted by Gasteiger charge is 2.21. The van der Waals surface area contributed by atoms with Crippen molar-refractivity contribution in [3.8, 4) is 11.4 Å². The topological polar surface area (TPSA) is 101 Å². The van der Waals surface area contributed by atoms with Gasteiger partial charge in [-0.2, -0.15) is 4.98 Å². The number of hydrogen-bond acceptors (Lipinski definition) is 5. The number of rotatable bonds is 3. The van der Waals surface area contributed by atoms with Gasteiger partial charge in [-0.05, 0) is 43.0 Å². The molecular formula is C18H17BrN4O3. The predicted octanol–water partition coefficient (Wildman–Crippen LogP) is 2.80. The maximum Gasteiger partial charge on any atom is 0.259 e. The van der Waals surface area contributed by atoms with E-state index in [0.717, 1.165) is 28.2 Å². The minimum absolute atomic E-state index is 0.0591. The van der Waals surface area contributed by atoms with Crippen LogP contribution >= 0.6 is 15.9 Å². The Labute approximate surface area is 157 Å². The summed E-state index contributed by atoms with van der Waals surface area (Å²) >= 11 is 3.43. The zero-order chi connectivity index (χ0) is 18.1. The molecule has 0 bridgehead atoms. The molecule has 1 aliphatic heterocycles. The number of aromatic nitrogens is 3. The van der Waals surface area contributed by atoms with Crippen molar-refractivity contribution in [2.24, 2.45) is 5.92 Å². The van der Waals surface area contributed by atoms with Crippen molar-refractivity contribution in [2.75, 3.05) is 6.54 Å². The largest absolute Gasteiger partial charge is 0.356 e. The first-order valence-corrected chi connectivity index (χ1v) is 9.30. The van der Waals surface area contributed by atoms with E-state index in [9.17, 15) is 9.59 Å². The molecule has 0 spiro atoms. The van der Waals surface area contributed by atoms with Crippen LogP contribution in [0.15, 0.2) is 38.1 Å². The summed E-state index contributed by atoms with van der Waals surface area (Å²) in [7, 11) is 0. The first-order valence-electron chi connectivity index (χ1n) is 8.51. The van der Waals surface area contributed by atoms with Crippen molar-refractivity contribution in [1.82, 2.24) is 20.4 Å². The third-order valence-corrected chi connectivity index (χ3v) is 5.06. The molecule has 1 fully saturated rings. The zero-order valence-corrected chi connectivity index (χ0v) is 15.5. The molecule has 0 saturated carbocycles. The summed E-state index contributed by atoms with van der Waals surface area (Å²) < 4.78 is 6.25. The van der Waals surface area contributed by atoms with E-state index in [-0.39, 0.29) is 23.2 Å². The van der Waals surface area contributed by atoms with Gasteiger partial charge in [0.1, 0.15) is 0 Å². The second kappa shape index (κ2) is 7.03. The van der Waals surface area contributed by atoms with Crippen molar-refractivity contribution in [3.05, 3.63) is 45.0 Å². The van der Waals surface area contributed by atoms with Crippen molar-refractivity contribution < 1.29 is 9.32 Å². The quantitative estimate of drug-likeness (QED) is 0.683. The van der Waals surface area contributed by atoms with E-state index in [1.165, 1.54) is 0 Å². The van der Waals surface area contributed by atoms with E-state index in [1.54, 1.807) is 6.07 Å². The molecule has 8 heteroatoms. The third kappa shape index (κ3) is 3.55. The number of halogens is 1. The molecule has 3 aromatic rings. The van der Waals surface area contributed by atoms with Crippen LogP contribution in [0.2, 0.25) is 0 Å². The summed E-state index contributed by atoms with van der Waals surface area (Å²) in [6, 6.07) is 7.38. The smallest absolute Gasteiger partial charge is 0.259 e. The number of carbonyl (C=O) groups excluding carboxylic acids is 1. The number of fused-ring (bicyclic) bond motifs is 1. The number of benzene rings is 1. The fourth-order valence-corrected chi connectivity index (χ4v) is 3.65. The number of nitrogens with one attached hydrogen (secondary N) is 2. The number of aromatic amines is 1. The third-order valence-electron chi connectivity index (χ3n) is 4.56. The SMILES string of the molecule is O=C1CC(Cc2nc(-c3cc4cc(Br)ccc4[nH]c3=O)no2)CCCN1. The van der Waals surface area contributed by atoms with Crippen LogP contribution < -0.4 is 10.9 Å². The lowest BCUT2D eigenvalue weighted by Crippen LogP contribution is -2.22. The lowest BCUT2D eigenvalue weighted by molar-refractivity contribution is -0.121. The first kappa shape index (κ1) is 17.0. The van der Waals surface area contributed by atoms with Gasteiger partial charge >= 0.3 is 0 Å². The standard InChI is InChI=1S/C18H17BrN4O3/c19-12-3-4-14-11(8-12)9-13(18(25)21-14)17-22-16(26-23-17)7-10-2-1-5-20-15(24)6-10/h3-4,8-10H,1-2,5-7H2,(H,20,24)(H,21,25). The molecule has 1 saturated heterocycles. The van der Waals surface area contributed by atoms with Gasteiger partial charge in [-0.3, -0.25) is 9.59 Å². The molecule has 2 aromatic heterocycles. The van der Waals surface area contributed by atoms with E-state index in [4.69, 9.17) is 4.52 Å². The monoisotopic (exact) mass is 416 g/mol. The Morgan fingerprint density at radius 1 is 1.27 bits per heavy atom. The van der Waals surface area contributed by atoms with Crippen LogP contribution in [0.5, 0.6) is 0 Å². The fourth-order valence-electron chi connectivity index (χ4n) is 3.27. The Kier molecular flexibility index (Phi) is 4.58. The molecule has 1 aliphatic rings. The lowest BCUT2D eigenvalue weighted by atomic mass is 9.97. The van der Waals surface area contributed by atoms with Crippen molar-refractivity contribution in [2.45, 2.75) is 25.7 Å². The van der Waals surface area contributed by atoms with Crippen molar-refractivity contribution in [1.29, 1.82) is 0 Å². The minimum Gasteiger partial charge on any atom is -0.356 e. The molecule has 1 unspecified atom stereocenters. The Bertz CT molecular complexity index is 1030. The number of H-pyrrole nitrogens is 1. The van der Waals surface area contributed by atoms with E-state index in [2.05, 4.69) is 36.4 Å². The van der Waals surface area contributed by atoms with Crippen molar-refractivity contribution >= 4 is 32.7 Å². The molecule has 134 valence electrons. The Balaban J connectivity index is 1.61. The summed E-state index contributed by atoms with van der Waals surface area (Å²) in [4.78, 5) is 31.3. The highest BCUT2D eigenvalue weighted by atomic mass is 79.9. The summed E-state index contributed by atoms with van der Waals surface area (Å²) in [6.07, 6.45) is 2.87. The maximum absolute atomic E-state index is 12.4. The van der Waals surface area contributed by atoms with Crippen LogP contribution in [0.1, 0.15) is 25.2 Å². The van der Waals surface area contributed by atoms with E-state index in [1.807, 2.05) is 18.2 Å². The molecule has 1 aromatic carbocycles. The van der Waals surface area contributed by atoms with Crippen LogP contribution in [-0.2, 0) is 11.2 Å². The fraction of sp³-hybridized carbons (Fsp3) is 0.333. The van der Waals surface area contributed by atoms with Crippen LogP contribution in [0.4, 0.5) is 0 Å². The maximum atomic E-state index is 12.4. The van der Waals surface area contributed by atoms with Gasteiger partial charge in [0.2, 0.25) is 17.6 Å². The molecular weight excluding hydrogens is 400 g/mol. The Morgan fingerprint density at radius 3 is 3.04 bits per heavy atom. The Hall–Kier alpha value is -2.48. The van der Waals surface area contributed by atoms with Crippen LogP contribution in [0, 0.1) is 5.92 Å². The molecule has 0 radical (unpaired) electrons. The van der Waals surface area contributed by atoms with Gasteiger partial charge in [-0.1, -0.05) is 21.1 Å². The average molecular weight is 417 g/mol. The predicted molar refractivity (Wildman–Crippen MR) is 99.6 cm³/mol. The molecule has 3 heterocycles. The van der Waals surface area contributed by atoms with Crippen LogP contribution in [-0.4, -0.2) is 27.6 Å². The number of hydrogen-bond donors (Lipinski definition) is 2. The zero-order valence-electron chi connectivity index (χ0n) is 13.9. The van der Waals surface area contributed by atoms with Crippen LogP contribution in [0.25, 0.3) is 22.3 Å². The number of pyridine rings is 1. The van der Waals surface area contributed by atoms with Gasteiger partial charge in [0, 0.05) is 34.8 Å². The Morgan fingerprint density at radius 2 is 2.15 bits per heavy atom. The number of amides is 1. The van der Waals surface area contributed by atoms with E-state index >= 15 is 0 Å². The molecule has 1 atom stereocenters. The van der Waals surface area contributed by atoms with Gasteiger partial charge in [-0.15, -0.1) is 0 Å². The molecule has 4 rings (SSSR count). The van der Waals surface area contributed by atoms with Gasteiger partial charge in [0.05, 0.1) is 5.56 Å². The normalized spacial score (nSPS) is 17.9. The molecule has 26 heavy (non-hydrogen) atoms. The lowest BCUT2D eigenvalue weighted by Gasteiger charge is -2.08. The average Bonchev–Trinajstić information content (AvgIpc) is 2.96. The van der Waals surface area contributed by atoms with Gasteiger partial charge in [-0.25, -0.2) is 0 Å². The van der Waals surface area contributed by atoms with Gasteiger partial charge in [0.15, 0.2) is 0 Å². The second-order valence-electron chi connectivity index (χ2n) is 6.52. The summed E-state index contributed by atoms with van der Waals surface area (Å²) in [5.74, 6) is 0.954. The van der Waals surface area contributed by atoms with E-state index in [0.29, 0.717) is 30.8 Å². The van der Waals surface area contributed by atoms with Gasteiger partial charge in [0.25, 0.3) is 5.56 Å². The summed E-state index contributed by atoms with van der Waals surface area (Å²) in [5, 5.41) is 7.71. The molecule has 7 nitrogen and oxygen atoms in total. The molecule has 2 N–H and O–H groups in total. The highest BCUT2D eigenvalue weighted by Crippen LogP contribution is 2.23. The van der Waals surface area contributed by atoms with Crippen molar-refractivity contribution in [3.63, 3.8) is 0 Å². The molecule has 1 amide bonds. The first-order chi connectivity index (χ1) is 12.6.